The van der Waals surface area contributed by atoms with Crippen LogP contribution < -0.4 is 0 Å². The van der Waals surface area contributed by atoms with Gasteiger partial charge in [0, 0.05) is 16.1 Å². The fraction of sp³-hybridized carbons (Fsp3) is 0.278. The highest BCUT2D eigenvalue weighted by Gasteiger charge is 2.15. The quantitative estimate of drug-likeness (QED) is 0.405. The Hall–Kier alpha value is -1.86. The molecule has 2 aromatic heterocycles. The lowest BCUT2D eigenvalue weighted by molar-refractivity contribution is 0.526. The molecule has 0 fully saturated rings. The lowest BCUT2D eigenvalue weighted by atomic mass is 10.2. The Kier molecular flexibility index (Phi) is 5.75. The molecule has 0 saturated heterocycles. The van der Waals surface area contributed by atoms with Gasteiger partial charge in [0.1, 0.15) is 11.5 Å². The molecule has 0 amide bonds. The van der Waals surface area contributed by atoms with E-state index in [1.807, 2.05) is 31.2 Å². The maximum absolute atomic E-state index is 5.55. The SMILES string of the molecule is Cc1ccc(/C=N/n2c(SCc3ccc(Br)cc3)nnc2C(C)C)o1. The summed E-state index contributed by atoms with van der Waals surface area (Å²) in [5.74, 6) is 3.44. The largest absolute Gasteiger partial charge is 0.460 e. The first kappa shape index (κ1) is 17.9. The molecule has 130 valence electrons. The minimum atomic E-state index is 0.227. The Labute approximate surface area is 159 Å². The zero-order chi connectivity index (χ0) is 17.8. The van der Waals surface area contributed by atoms with Crippen LogP contribution in [0.25, 0.3) is 0 Å². The summed E-state index contributed by atoms with van der Waals surface area (Å²) in [5, 5.41) is 13.9. The van der Waals surface area contributed by atoms with Crippen molar-refractivity contribution in [1.29, 1.82) is 0 Å². The molecule has 0 aliphatic rings. The Morgan fingerprint density at radius 1 is 1.20 bits per heavy atom. The molecular weight excluding hydrogens is 400 g/mol. The Morgan fingerprint density at radius 3 is 2.60 bits per heavy atom. The van der Waals surface area contributed by atoms with Gasteiger partial charge in [-0.1, -0.05) is 53.7 Å². The summed E-state index contributed by atoms with van der Waals surface area (Å²) in [7, 11) is 0. The predicted molar refractivity (Wildman–Crippen MR) is 104 cm³/mol. The van der Waals surface area contributed by atoms with Gasteiger partial charge in [0.05, 0.1) is 6.21 Å². The monoisotopic (exact) mass is 418 g/mol. The van der Waals surface area contributed by atoms with E-state index in [0.29, 0.717) is 5.76 Å². The molecule has 0 saturated carbocycles. The summed E-state index contributed by atoms with van der Waals surface area (Å²) < 4.78 is 8.42. The van der Waals surface area contributed by atoms with E-state index in [1.165, 1.54) is 5.56 Å². The molecule has 7 heteroatoms. The zero-order valence-corrected chi connectivity index (χ0v) is 16.7. The van der Waals surface area contributed by atoms with E-state index < -0.39 is 0 Å². The van der Waals surface area contributed by atoms with E-state index in [-0.39, 0.29) is 5.92 Å². The van der Waals surface area contributed by atoms with Crippen LogP contribution in [0.15, 0.2) is 55.5 Å². The summed E-state index contributed by atoms with van der Waals surface area (Å²) in [6, 6.07) is 12.1. The van der Waals surface area contributed by atoms with Crippen molar-refractivity contribution >= 4 is 33.9 Å². The van der Waals surface area contributed by atoms with Gasteiger partial charge >= 0.3 is 0 Å². The molecule has 5 nitrogen and oxygen atoms in total. The van der Waals surface area contributed by atoms with Crippen LogP contribution in [0.1, 0.15) is 42.7 Å². The molecular formula is C18H19BrN4OS. The standard InChI is InChI=1S/C18H19BrN4OS/c1-12(2)17-21-22-18(25-11-14-5-7-15(19)8-6-14)23(17)20-10-16-9-4-13(3)24-16/h4-10,12H,11H2,1-3H3/b20-10+. The first-order valence-corrected chi connectivity index (χ1v) is 9.74. The first-order chi connectivity index (χ1) is 12.0. The van der Waals surface area contributed by atoms with Crippen LogP contribution in [0.2, 0.25) is 0 Å². The van der Waals surface area contributed by atoms with Crippen LogP contribution in [0, 0.1) is 6.92 Å². The van der Waals surface area contributed by atoms with Crippen LogP contribution in [0.3, 0.4) is 0 Å². The molecule has 0 aliphatic heterocycles. The van der Waals surface area contributed by atoms with Gasteiger partial charge in [-0.25, -0.2) is 0 Å². The summed E-state index contributed by atoms with van der Waals surface area (Å²) in [6.07, 6.45) is 1.70. The van der Waals surface area contributed by atoms with Crippen molar-refractivity contribution in [3.05, 3.63) is 63.8 Å². The number of halogens is 1. The molecule has 25 heavy (non-hydrogen) atoms. The van der Waals surface area contributed by atoms with Gasteiger partial charge in [-0.2, -0.15) is 9.78 Å². The highest BCUT2D eigenvalue weighted by Crippen LogP contribution is 2.25. The Bertz CT molecular complexity index is 868. The van der Waals surface area contributed by atoms with Gasteiger partial charge < -0.3 is 4.42 Å². The minimum absolute atomic E-state index is 0.227. The lowest BCUT2D eigenvalue weighted by Gasteiger charge is -2.06. The van der Waals surface area contributed by atoms with Crippen LogP contribution >= 0.6 is 27.7 Å². The number of hydrogen-bond acceptors (Lipinski definition) is 5. The number of rotatable bonds is 6. The van der Waals surface area contributed by atoms with Crippen molar-refractivity contribution in [3.63, 3.8) is 0 Å². The maximum Gasteiger partial charge on any atom is 0.212 e. The number of benzene rings is 1. The molecule has 0 N–H and O–H groups in total. The number of furan rings is 1. The van der Waals surface area contributed by atoms with Gasteiger partial charge in [-0.05, 0) is 36.8 Å². The smallest absolute Gasteiger partial charge is 0.212 e. The van der Waals surface area contributed by atoms with Crippen molar-refractivity contribution in [2.45, 2.75) is 37.6 Å². The number of aryl methyl sites for hydroxylation is 1. The highest BCUT2D eigenvalue weighted by molar-refractivity contribution is 9.10. The number of nitrogens with zero attached hydrogens (tertiary/aromatic N) is 4. The number of thioether (sulfide) groups is 1. The van der Waals surface area contributed by atoms with E-state index in [2.05, 4.69) is 57.2 Å². The van der Waals surface area contributed by atoms with Crippen molar-refractivity contribution in [2.75, 3.05) is 0 Å². The third kappa shape index (κ3) is 4.61. The fourth-order valence-electron chi connectivity index (χ4n) is 2.20. The molecule has 1 aromatic carbocycles. The maximum atomic E-state index is 5.55. The highest BCUT2D eigenvalue weighted by atomic mass is 79.9. The van der Waals surface area contributed by atoms with Gasteiger partial charge in [0.25, 0.3) is 0 Å². The van der Waals surface area contributed by atoms with Gasteiger partial charge in [0.2, 0.25) is 5.16 Å². The average Bonchev–Trinajstić information content (AvgIpc) is 3.18. The third-order valence-corrected chi connectivity index (χ3v) is 5.01. The third-order valence-electron chi connectivity index (χ3n) is 3.50. The second kappa shape index (κ2) is 8.01. The van der Waals surface area contributed by atoms with Crippen molar-refractivity contribution < 1.29 is 4.42 Å². The van der Waals surface area contributed by atoms with E-state index in [9.17, 15) is 0 Å². The average molecular weight is 419 g/mol. The molecule has 0 unspecified atom stereocenters. The minimum Gasteiger partial charge on any atom is -0.460 e. The van der Waals surface area contributed by atoms with Crippen LogP contribution in [0.4, 0.5) is 0 Å². The Balaban J connectivity index is 1.81. The summed E-state index contributed by atoms with van der Waals surface area (Å²) in [4.78, 5) is 0. The van der Waals surface area contributed by atoms with E-state index in [1.54, 1.807) is 22.7 Å². The summed E-state index contributed by atoms with van der Waals surface area (Å²) in [6.45, 7) is 6.07. The summed E-state index contributed by atoms with van der Waals surface area (Å²) in [5.41, 5.74) is 1.22. The fourth-order valence-corrected chi connectivity index (χ4v) is 3.32. The molecule has 3 aromatic rings. The molecule has 0 spiro atoms. The zero-order valence-electron chi connectivity index (χ0n) is 14.3. The second-order valence-corrected chi connectivity index (χ2v) is 7.77. The molecule has 2 heterocycles. The normalized spacial score (nSPS) is 11.7. The second-order valence-electron chi connectivity index (χ2n) is 5.92. The van der Waals surface area contributed by atoms with E-state index >= 15 is 0 Å². The summed E-state index contributed by atoms with van der Waals surface area (Å²) >= 11 is 5.07. The van der Waals surface area contributed by atoms with Crippen molar-refractivity contribution in [2.24, 2.45) is 5.10 Å². The van der Waals surface area contributed by atoms with E-state index in [4.69, 9.17) is 4.42 Å². The predicted octanol–water partition coefficient (Wildman–Crippen LogP) is 5.24. The topological polar surface area (TPSA) is 56.2 Å². The lowest BCUT2D eigenvalue weighted by Crippen LogP contribution is -2.02. The van der Waals surface area contributed by atoms with Gasteiger partial charge in [-0.3, -0.25) is 0 Å². The molecule has 0 radical (unpaired) electrons. The van der Waals surface area contributed by atoms with Crippen LogP contribution in [0.5, 0.6) is 0 Å². The van der Waals surface area contributed by atoms with E-state index in [0.717, 1.165) is 27.0 Å². The molecule has 0 atom stereocenters. The Morgan fingerprint density at radius 2 is 1.96 bits per heavy atom. The number of aromatic nitrogens is 3. The van der Waals surface area contributed by atoms with Crippen LogP contribution in [-0.2, 0) is 5.75 Å². The van der Waals surface area contributed by atoms with Gasteiger partial charge in [-0.15, -0.1) is 10.2 Å². The molecule has 3 rings (SSSR count). The first-order valence-electron chi connectivity index (χ1n) is 7.96. The van der Waals surface area contributed by atoms with Crippen molar-refractivity contribution in [1.82, 2.24) is 14.9 Å². The van der Waals surface area contributed by atoms with Crippen LogP contribution in [-0.4, -0.2) is 21.1 Å². The number of hydrogen-bond donors (Lipinski definition) is 0. The molecule has 0 aliphatic carbocycles. The van der Waals surface area contributed by atoms with Gasteiger partial charge in [0.15, 0.2) is 5.82 Å². The molecule has 0 bridgehead atoms. The van der Waals surface area contributed by atoms with Crippen molar-refractivity contribution in [3.8, 4) is 0 Å².